The standard InChI is InChI=1S/C20H15ClN4O2S/c1-11-4-3-5-14(10-11)17-23-19(27-25-17)16-12(2)22-20(28-16)24-18(26)13-6-8-15(21)9-7-13/h3-10H,1-2H3,(H,22,24,26). The molecule has 2 aromatic heterocycles. The Labute approximate surface area is 170 Å². The van der Waals surface area contributed by atoms with Crippen molar-refractivity contribution < 1.29 is 9.32 Å². The van der Waals surface area contributed by atoms with Gasteiger partial charge < -0.3 is 4.52 Å². The average molecular weight is 411 g/mol. The molecule has 2 heterocycles. The highest BCUT2D eigenvalue weighted by Crippen LogP contribution is 2.33. The second-order valence-electron chi connectivity index (χ2n) is 6.19. The van der Waals surface area contributed by atoms with Gasteiger partial charge in [0.1, 0.15) is 4.88 Å². The minimum atomic E-state index is -0.261. The number of hydrogen-bond acceptors (Lipinski definition) is 6. The largest absolute Gasteiger partial charge is 0.333 e. The number of benzene rings is 2. The lowest BCUT2D eigenvalue weighted by Gasteiger charge is -2.01. The Morgan fingerprint density at radius 2 is 1.89 bits per heavy atom. The van der Waals surface area contributed by atoms with Crippen LogP contribution in [-0.2, 0) is 0 Å². The lowest BCUT2D eigenvalue weighted by molar-refractivity contribution is 0.102. The molecule has 0 aliphatic heterocycles. The van der Waals surface area contributed by atoms with Gasteiger partial charge >= 0.3 is 0 Å². The number of aromatic nitrogens is 3. The highest BCUT2D eigenvalue weighted by Gasteiger charge is 2.18. The Balaban J connectivity index is 1.56. The molecule has 0 saturated heterocycles. The number of carbonyl (C=O) groups excluding carboxylic acids is 1. The number of hydrogen-bond donors (Lipinski definition) is 1. The molecule has 0 aliphatic carbocycles. The first-order valence-corrected chi connectivity index (χ1v) is 9.64. The Bertz CT molecular complexity index is 1150. The summed E-state index contributed by atoms with van der Waals surface area (Å²) in [6.07, 6.45) is 0. The third kappa shape index (κ3) is 3.81. The Kier molecular flexibility index (Phi) is 4.93. The van der Waals surface area contributed by atoms with E-state index < -0.39 is 0 Å². The average Bonchev–Trinajstić information content (AvgIpc) is 3.29. The fourth-order valence-electron chi connectivity index (χ4n) is 2.64. The second kappa shape index (κ2) is 7.53. The molecule has 0 radical (unpaired) electrons. The number of thiazole rings is 1. The number of nitrogens with zero attached hydrogens (tertiary/aromatic N) is 3. The van der Waals surface area contributed by atoms with Crippen LogP contribution in [0.2, 0.25) is 5.02 Å². The molecule has 28 heavy (non-hydrogen) atoms. The number of amides is 1. The molecule has 0 fully saturated rings. The van der Waals surface area contributed by atoms with Gasteiger partial charge in [-0.25, -0.2) is 4.98 Å². The van der Waals surface area contributed by atoms with Crippen LogP contribution in [-0.4, -0.2) is 21.0 Å². The molecule has 0 aliphatic rings. The molecular weight excluding hydrogens is 396 g/mol. The maximum Gasteiger partial charge on any atom is 0.270 e. The highest BCUT2D eigenvalue weighted by atomic mass is 35.5. The highest BCUT2D eigenvalue weighted by molar-refractivity contribution is 7.19. The summed E-state index contributed by atoms with van der Waals surface area (Å²) in [6, 6.07) is 14.5. The van der Waals surface area contributed by atoms with E-state index in [1.165, 1.54) is 11.3 Å². The quantitative estimate of drug-likeness (QED) is 0.488. The number of carbonyl (C=O) groups is 1. The third-order valence-electron chi connectivity index (χ3n) is 4.02. The summed E-state index contributed by atoms with van der Waals surface area (Å²) in [4.78, 5) is 22.0. The van der Waals surface area contributed by atoms with Crippen LogP contribution in [0, 0.1) is 13.8 Å². The minimum Gasteiger partial charge on any atom is -0.333 e. The van der Waals surface area contributed by atoms with Crippen molar-refractivity contribution in [3.05, 3.63) is 70.4 Å². The monoisotopic (exact) mass is 410 g/mol. The molecule has 4 aromatic rings. The molecule has 6 nitrogen and oxygen atoms in total. The molecule has 4 rings (SSSR count). The van der Waals surface area contributed by atoms with Crippen molar-refractivity contribution in [3.8, 4) is 22.2 Å². The van der Waals surface area contributed by atoms with Gasteiger partial charge in [-0.3, -0.25) is 10.1 Å². The van der Waals surface area contributed by atoms with Gasteiger partial charge in [-0.2, -0.15) is 4.98 Å². The number of halogens is 1. The van der Waals surface area contributed by atoms with Crippen LogP contribution in [0.1, 0.15) is 21.6 Å². The molecular formula is C20H15ClN4O2S. The number of nitrogens with one attached hydrogen (secondary N) is 1. The van der Waals surface area contributed by atoms with Gasteiger partial charge in [-0.15, -0.1) is 0 Å². The van der Waals surface area contributed by atoms with Crippen molar-refractivity contribution in [1.29, 1.82) is 0 Å². The molecule has 0 spiro atoms. The van der Waals surface area contributed by atoms with E-state index in [0.717, 1.165) is 16.0 Å². The molecule has 1 amide bonds. The lowest BCUT2D eigenvalue weighted by Crippen LogP contribution is -2.11. The zero-order valence-electron chi connectivity index (χ0n) is 15.1. The van der Waals surface area contributed by atoms with E-state index in [9.17, 15) is 4.79 Å². The Morgan fingerprint density at radius 1 is 1.11 bits per heavy atom. The molecule has 8 heteroatoms. The minimum absolute atomic E-state index is 0.261. The van der Waals surface area contributed by atoms with Gasteiger partial charge in [-0.05, 0) is 44.2 Å². The van der Waals surface area contributed by atoms with Crippen LogP contribution in [0.5, 0.6) is 0 Å². The summed E-state index contributed by atoms with van der Waals surface area (Å²) >= 11 is 7.14. The Hall–Kier alpha value is -3.03. The van der Waals surface area contributed by atoms with Crippen LogP contribution < -0.4 is 5.32 Å². The van der Waals surface area contributed by atoms with Crippen molar-refractivity contribution in [1.82, 2.24) is 15.1 Å². The summed E-state index contributed by atoms with van der Waals surface area (Å²) in [6.45, 7) is 3.84. The zero-order chi connectivity index (χ0) is 19.7. The number of aryl methyl sites for hydroxylation is 2. The topological polar surface area (TPSA) is 80.9 Å². The molecule has 0 unspecified atom stereocenters. The predicted molar refractivity (Wildman–Crippen MR) is 110 cm³/mol. The van der Waals surface area contributed by atoms with Crippen LogP contribution in [0.3, 0.4) is 0 Å². The van der Waals surface area contributed by atoms with Gasteiger partial charge in [0.25, 0.3) is 11.8 Å². The molecule has 1 N–H and O–H groups in total. The van der Waals surface area contributed by atoms with E-state index in [0.29, 0.717) is 33.1 Å². The normalized spacial score (nSPS) is 10.8. The maximum absolute atomic E-state index is 12.4. The Morgan fingerprint density at radius 3 is 2.64 bits per heavy atom. The first-order valence-electron chi connectivity index (χ1n) is 8.45. The van der Waals surface area contributed by atoms with Crippen molar-refractivity contribution in [2.24, 2.45) is 0 Å². The van der Waals surface area contributed by atoms with Gasteiger partial charge in [-0.1, -0.05) is 51.9 Å². The third-order valence-corrected chi connectivity index (χ3v) is 5.33. The van der Waals surface area contributed by atoms with Crippen LogP contribution in [0.4, 0.5) is 5.13 Å². The van der Waals surface area contributed by atoms with E-state index >= 15 is 0 Å². The van der Waals surface area contributed by atoms with Crippen LogP contribution in [0.25, 0.3) is 22.2 Å². The fraction of sp³-hybridized carbons (Fsp3) is 0.100. The summed E-state index contributed by atoms with van der Waals surface area (Å²) in [5.41, 5.74) is 3.20. The van der Waals surface area contributed by atoms with Gasteiger partial charge in [0.05, 0.1) is 5.69 Å². The molecule has 140 valence electrons. The first-order chi connectivity index (χ1) is 13.5. The van der Waals surface area contributed by atoms with Crippen molar-refractivity contribution in [3.63, 3.8) is 0 Å². The van der Waals surface area contributed by atoms with Gasteiger partial charge in [0.15, 0.2) is 5.13 Å². The number of anilines is 1. The van der Waals surface area contributed by atoms with Crippen molar-refractivity contribution in [2.45, 2.75) is 13.8 Å². The second-order valence-corrected chi connectivity index (χ2v) is 7.62. The first kappa shape index (κ1) is 18.3. The summed E-state index contributed by atoms with van der Waals surface area (Å²) in [7, 11) is 0. The fourth-order valence-corrected chi connectivity index (χ4v) is 3.65. The van der Waals surface area contributed by atoms with E-state index in [1.54, 1.807) is 24.3 Å². The molecule has 2 aromatic carbocycles. The van der Waals surface area contributed by atoms with Crippen LogP contribution >= 0.6 is 22.9 Å². The summed E-state index contributed by atoms with van der Waals surface area (Å²) in [5.74, 6) is 0.625. The maximum atomic E-state index is 12.4. The summed E-state index contributed by atoms with van der Waals surface area (Å²) in [5, 5.41) is 7.89. The molecule has 0 bridgehead atoms. The van der Waals surface area contributed by atoms with E-state index in [1.807, 2.05) is 38.1 Å². The lowest BCUT2D eigenvalue weighted by atomic mass is 10.1. The van der Waals surface area contributed by atoms with Crippen molar-refractivity contribution in [2.75, 3.05) is 5.32 Å². The van der Waals surface area contributed by atoms with E-state index in [4.69, 9.17) is 16.1 Å². The number of rotatable bonds is 4. The van der Waals surface area contributed by atoms with Crippen molar-refractivity contribution >= 4 is 34.0 Å². The van der Waals surface area contributed by atoms with Gasteiger partial charge in [0, 0.05) is 16.1 Å². The smallest absolute Gasteiger partial charge is 0.270 e. The molecule has 0 saturated carbocycles. The molecule has 0 atom stereocenters. The zero-order valence-corrected chi connectivity index (χ0v) is 16.6. The van der Waals surface area contributed by atoms with Gasteiger partial charge in [0.2, 0.25) is 5.82 Å². The van der Waals surface area contributed by atoms with E-state index in [2.05, 4.69) is 20.4 Å². The van der Waals surface area contributed by atoms with E-state index in [-0.39, 0.29) is 5.91 Å². The SMILES string of the molecule is Cc1cccc(-c2noc(-c3sc(NC(=O)c4ccc(Cl)cc4)nc3C)n2)c1. The summed E-state index contributed by atoms with van der Waals surface area (Å²) < 4.78 is 5.42. The van der Waals surface area contributed by atoms with Crippen LogP contribution in [0.15, 0.2) is 53.1 Å². The predicted octanol–water partition coefficient (Wildman–Crippen LogP) is 5.38.